The Morgan fingerprint density at radius 1 is 1.26 bits per heavy atom. The monoisotopic (exact) mass is 417 g/mol. The molecule has 4 heterocycles. The number of anilines is 1. The molecule has 0 bridgehead atoms. The fourth-order valence-corrected chi connectivity index (χ4v) is 4.14. The molecular weight excluding hydrogens is 390 g/mol. The molecule has 1 saturated heterocycles. The summed E-state index contributed by atoms with van der Waals surface area (Å²) in [7, 11) is 1.73. The molecule has 7 heteroatoms. The Bertz CT molecular complexity index is 1210. The first-order valence-electron chi connectivity index (χ1n) is 10.7. The van der Waals surface area contributed by atoms with Crippen molar-refractivity contribution in [1.82, 2.24) is 14.5 Å². The maximum absolute atomic E-state index is 12.5. The smallest absolute Gasteiger partial charge is 0.252 e. The molecule has 0 radical (unpaired) electrons. The summed E-state index contributed by atoms with van der Waals surface area (Å²) in [5, 5.41) is 9.28. The fourth-order valence-electron chi connectivity index (χ4n) is 4.14. The summed E-state index contributed by atoms with van der Waals surface area (Å²) in [5.41, 5.74) is 3.65. The zero-order valence-corrected chi connectivity index (χ0v) is 18.4. The third kappa shape index (κ3) is 4.11. The van der Waals surface area contributed by atoms with Gasteiger partial charge in [0.05, 0.1) is 11.2 Å². The van der Waals surface area contributed by atoms with Crippen LogP contribution in [0, 0.1) is 17.2 Å². The van der Waals surface area contributed by atoms with E-state index in [1.165, 1.54) is 5.56 Å². The number of pyridine rings is 3. The van der Waals surface area contributed by atoms with E-state index in [0.717, 1.165) is 30.7 Å². The van der Waals surface area contributed by atoms with E-state index in [4.69, 9.17) is 4.74 Å². The lowest BCUT2D eigenvalue weighted by atomic mass is 9.95. The minimum absolute atomic E-state index is 0.0478. The first-order valence-corrected chi connectivity index (χ1v) is 10.7. The number of nitrogens with zero attached hydrogens (tertiary/aromatic N) is 5. The predicted molar refractivity (Wildman–Crippen MR) is 120 cm³/mol. The lowest BCUT2D eigenvalue weighted by Gasteiger charge is -2.38. The summed E-state index contributed by atoms with van der Waals surface area (Å²) in [6.07, 6.45) is 2.66. The zero-order valence-electron chi connectivity index (χ0n) is 18.4. The Morgan fingerprint density at radius 2 is 2.06 bits per heavy atom. The summed E-state index contributed by atoms with van der Waals surface area (Å²) in [6, 6.07) is 11.2. The number of aryl methyl sites for hydroxylation is 1. The lowest BCUT2D eigenvalue weighted by molar-refractivity contribution is 0.116. The third-order valence-corrected chi connectivity index (χ3v) is 6.05. The highest BCUT2D eigenvalue weighted by Crippen LogP contribution is 2.30. The standard InChI is InChI=1S/C24H27N5O2/c1-15(2)17-7-9-26-22(11-17)31-21-8-10-29(14-16(21)3)20-12-23(30)28(4)19-6-5-18(13-25)27-24(19)20/h5-7,9,11-12,15-16,21H,8,10,14H2,1-4H3/t16?,21-/m0/s1. The van der Waals surface area contributed by atoms with Gasteiger partial charge < -0.3 is 14.2 Å². The molecule has 1 unspecified atom stereocenters. The van der Waals surface area contributed by atoms with E-state index in [1.807, 2.05) is 12.1 Å². The molecule has 1 fully saturated rings. The largest absolute Gasteiger partial charge is 0.474 e. The van der Waals surface area contributed by atoms with Gasteiger partial charge in [-0.3, -0.25) is 4.79 Å². The van der Waals surface area contributed by atoms with E-state index in [9.17, 15) is 10.1 Å². The van der Waals surface area contributed by atoms with Crippen molar-refractivity contribution < 1.29 is 4.74 Å². The molecule has 2 atom stereocenters. The molecule has 0 aromatic carbocycles. The highest BCUT2D eigenvalue weighted by Gasteiger charge is 2.29. The summed E-state index contributed by atoms with van der Waals surface area (Å²) in [6.45, 7) is 7.93. The van der Waals surface area contributed by atoms with Crippen molar-refractivity contribution in [2.45, 2.75) is 39.2 Å². The van der Waals surface area contributed by atoms with Crippen LogP contribution in [-0.2, 0) is 7.05 Å². The van der Waals surface area contributed by atoms with Gasteiger partial charge in [0.25, 0.3) is 5.56 Å². The predicted octanol–water partition coefficient (Wildman–Crippen LogP) is 3.62. The summed E-state index contributed by atoms with van der Waals surface area (Å²) in [5.74, 6) is 1.32. The second kappa shape index (κ2) is 8.38. The molecule has 1 aliphatic heterocycles. The van der Waals surface area contributed by atoms with E-state index in [1.54, 1.807) is 36.0 Å². The van der Waals surface area contributed by atoms with E-state index >= 15 is 0 Å². The highest BCUT2D eigenvalue weighted by atomic mass is 16.5. The van der Waals surface area contributed by atoms with Crippen molar-refractivity contribution in [2.75, 3.05) is 18.0 Å². The molecule has 160 valence electrons. The van der Waals surface area contributed by atoms with Crippen molar-refractivity contribution >= 4 is 16.7 Å². The minimum atomic E-state index is -0.0882. The van der Waals surface area contributed by atoms with Crippen molar-refractivity contribution in [3.8, 4) is 11.9 Å². The molecule has 0 aliphatic carbocycles. The van der Waals surface area contributed by atoms with Crippen LogP contribution in [0.2, 0.25) is 0 Å². The Morgan fingerprint density at radius 3 is 2.77 bits per heavy atom. The van der Waals surface area contributed by atoms with Gasteiger partial charge >= 0.3 is 0 Å². The number of nitriles is 1. The average molecular weight is 418 g/mol. The number of ether oxygens (including phenoxy) is 1. The molecule has 3 aromatic heterocycles. The molecule has 0 N–H and O–H groups in total. The first-order chi connectivity index (χ1) is 14.9. The van der Waals surface area contributed by atoms with Gasteiger partial charge in [-0.2, -0.15) is 5.26 Å². The molecule has 0 amide bonds. The maximum Gasteiger partial charge on any atom is 0.252 e. The SMILES string of the molecule is CC(C)c1ccnc(O[C@H]2CCN(c3cc(=O)n(C)c4ccc(C#N)nc34)CC2C)c1. The maximum atomic E-state index is 12.5. The number of piperidine rings is 1. The van der Waals surface area contributed by atoms with Crippen molar-refractivity contribution in [3.63, 3.8) is 0 Å². The summed E-state index contributed by atoms with van der Waals surface area (Å²) in [4.78, 5) is 23.6. The van der Waals surface area contributed by atoms with Gasteiger partial charge in [-0.05, 0) is 29.7 Å². The van der Waals surface area contributed by atoms with Crippen LogP contribution in [0.1, 0.15) is 44.4 Å². The van der Waals surface area contributed by atoms with Gasteiger partial charge in [0.15, 0.2) is 0 Å². The highest BCUT2D eigenvalue weighted by molar-refractivity contribution is 5.88. The van der Waals surface area contributed by atoms with Crippen LogP contribution in [0.25, 0.3) is 11.0 Å². The second-order valence-corrected chi connectivity index (χ2v) is 8.55. The average Bonchev–Trinajstić information content (AvgIpc) is 2.77. The normalized spacial score (nSPS) is 18.9. The van der Waals surface area contributed by atoms with Crippen molar-refractivity contribution in [2.24, 2.45) is 13.0 Å². The van der Waals surface area contributed by atoms with Crippen LogP contribution in [0.15, 0.2) is 41.3 Å². The molecular formula is C24H27N5O2. The number of rotatable bonds is 4. The molecule has 0 saturated carbocycles. The van der Waals surface area contributed by atoms with Gasteiger partial charge in [-0.25, -0.2) is 9.97 Å². The number of aromatic nitrogens is 3. The molecule has 1 aliphatic rings. The van der Waals surface area contributed by atoms with Crippen LogP contribution in [-0.4, -0.2) is 33.7 Å². The van der Waals surface area contributed by atoms with E-state index in [0.29, 0.717) is 23.0 Å². The Hall–Kier alpha value is -3.40. The molecule has 4 rings (SSSR count). The van der Waals surface area contributed by atoms with Gasteiger partial charge in [-0.15, -0.1) is 0 Å². The van der Waals surface area contributed by atoms with Crippen LogP contribution < -0.4 is 15.2 Å². The van der Waals surface area contributed by atoms with Crippen LogP contribution >= 0.6 is 0 Å². The Kier molecular flexibility index (Phi) is 5.64. The van der Waals surface area contributed by atoms with Gasteiger partial charge in [0, 0.05) is 50.8 Å². The lowest BCUT2D eigenvalue weighted by Crippen LogP contribution is -2.45. The van der Waals surface area contributed by atoms with Crippen molar-refractivity contribution in [1.29, 1.82) is 5.26 Å². The van der Waals surface area contributed by atoms with Crippen LogP contribution in [0.4, 0.5) is 5.69 Å². The molecule has 7 nitrogen and oxygen atoms in total. The Balaban J connectivity index is 1.59. The first kappa shape index (κ1) is 20.9. The zero-order chi connectivity index (χ0) is 22.1. The number of fused-ring (bicyclic) bond motifs is 1. The third-order valence-electron chi connectivity index (χ3n) is 6.05. The summed E-state index contributed by atoms with van der Waals surface area (Å²) >= 11 is 0. The van der Waals surface area contributed by atoms with Crippen LogP contribution in [0.5, 0.6) is 5.88 Å². The number of hydrogen-bond donors (Lipinski definition) is 0. The quantitative estimate of drug-likeness (QED) is 0.645. The van der Waals surface area contributed by atoms with E-state index < -0.39 is 0 Å². The van der Waals surface area contributed by atoms with Crippen LogP contribution in [0.3, 0.4) is 0 Å². The van der Waals surface area contributed by atoms with Crippen molar-refractivity contribution in [3.05, 3.63) is 58.1 Å². The molecule has 31 heavy (non-hydrogen) atoms. The molecule has 3 aromatic rings. The number of hydrogen-bond acceptors (Lipinski definition) is 6. The fraction of sp³-hybridized carbons (Fsp3) is 0.417. The Labute approximate surface area is 181 Å². The van der Waals surface area contributed by atoms with Gasteiger partial charge in [-0.1, -0.05) is 20.8 Å². The van der Waals surface area contributed by atoms with Gasteiger partial charge in [0.2, 0.25) is 5.88 Å². The van der Waals surface area contributed by atoms with E-state index in [2.05, 4.69) is 41.7 Å². The van der Waals surface area contributed by atoms with E-state index in [-0.39, 0.29) is 17.6 Å². The second-order valence-electron chi connectivity index (χ2n) is 8.55. The topological polar surface area (TPSA) is 84.0 Å². The minimum Gasteiger partial charge on any atom is -0.474 e. The molecule has 0 spiro atoms. The summed E-state index contributed by atoms with van der Waals surface area (Å²) < 4.78 is 7.82. The van der Waals surface area contributed by atoms with Gasteiger partial charge in [0.1, 0.15) is 23.4 Å².